The SMILES string of the molecule is CCCCCCCCC#CCC/C=C\CCCC(=O)OC. The van der Waals surface area contributed by atoms with Gasteiger partial charge in [-0.1, -0.05) is 51.2 Å². The number of hydrogen-bond acceptors (Lipinski definition) is 2. The van der Waals surface area contributed by atoms with E-state index in [2.05, 4.69) is 35.7 Å². The molecule has 0 rings (SSSR count). The van der Waals surface area contributed by atoms with Gasteiger partial charge < -0.3 is 4.74 Å². The molecular weight excluding hydrogens is 260 g/mol. The van der Waals surface area contributed by atoms with Crippen LogP contribution in [0.15, 0.2) is 12.2 Å². The minimum absolute atomic E-state index is 0.121. The van der Waals surface area contributed by atoms with E-state index in [0.717, 1.165) is 32.1 Å². The molecule has 0 unspecified atom stereocenters. The average Bonchev–Trinajstić information content (AvgIpc) is 2.50. The predicted molar refractivity (Wildman–Crippen MR) is 90.0 cm³/mol. The van der Waals surface area contributed by atoms with Crippen molar-refractivity contribution in [2.45, 2.75) is 84.0 Å². The van der Waals surface area contributed by atoms with Crippen molar-refractivity contribution in [3.63, 3.8) is 0 Å². The number of unbranched alkanes of at least 4 members (excludes halogenated alkanes) is 8. The molecule has 0 saturated heterocycles. The second-order valence-corrected chi connectivity index (χ2v) is 5.35. The summed E-state index contributed by atoms with van der Waals surface area (Å²) in [6.07, 6.45) is 17.7. The lowest BCUT2D eigenvalue weighted by atomic mass is 10.1. The van der Waals surface area contributed by atoms with Crippen LogP contribution >= 0.6 is 0 Å². The van der Waals surface area contributed by atoms with Gasteiger partial charge >= 0.3 is 5.97 Å². The van der Waals surface area contributed by atoms with Crippen molar-refractivity contribution in [1.29, 1.82) is 0 Å². The quantitative estimate of drug-likeness (QED) is 0.208. The second-order valence-electron chi connectivity index (χ2n) is 5.35. The fourth-order valence-corrected chi connectivity index (χ4v) is 2.03. The molecular formula is C19H32O2. The molecule has 0 amide bonds. The Morgan fingerprint density at radius 2 is 1.57 bits per heavy atom. The maximum Gasteiger partial charge on any atom is 0.305 e. The van der Waals surface area contributed by atoms with Crippen LogP contribution in [0.3, 0.4) is 0 Å². The smallest absolute Gasteiger partial charge is 0.305 e. The first-order chi connectivity index (χ1) is 10.3. The Morgan fingerprint density at radius 1 is 0.905 bits per heavy atom. The van der Waals surface area contributed by atoms with Crippen LogP contribution in [-0.4, -0.2) is 13.1 Å². The van der Waals surface area contributed by atoms with E-state index in [1.54, 1.807) is 0 Å². The monoisotopic (exact) mass is 292 g/mol. The van der Waals surface area contributed by atoms with Gasteiger partial charge in [0.2, 0.25) is 0 Å². The maximum atomic E-state index is 10.9. The van der Waals surface area contributed by atoms with Gasteiger partial charge in [0.1, 0.15) is 0 Å². The van der Waals surface area contributed by atoms with E-state index in [0.29, 0.717) is 6.42 Å². The summed E-state index contributed by atoms with van der Waals surface area (Å²) in [6.45, 7) is 2.25. The summed E-state index contributed by atoms with van der Waals surface area (Å²) in [4.78, 5) is 10.9. The first kappa shape index (κ1) is 19.8. The number of carbonyl (C=O) groups excluding carboxylic acids is 1. The highest BCUT2D eigenvalue weighted by Gasteiger charge is 1.96. The molecule has 2 nitrogen and oxygen atoms in total. The third kappa shape index (κ3) is 16.7. The largest absolute Gasteiger partial charge is 0.469 e. The highest BCUT2D eigenvalue weighted by molar-refractivity contribution is 5.68. The third-order valence-corrected chi connectivity index (χ3v) is 3.36. The molecule has 21 heavy (non-hydrogen) atoms. The summed E-state index contributed by atoms with van der Waals surface area (Å²) < 4.78 is 4.59. The van der Waals surface area contributed by atoms with Gasteiger partial charge in [0.25, 0.3) is 0 Å². The summed E-state index contributed by atoms with van der Waals surface area (Å²) in [7, 11) is 1.43. The van der Waals surface area contributed by atoms with E-state index in [9.17, 15) is 4.79 Å². The number of rotatable bonds is 12. The summed E-state index contributed by atoms with van der Waals surface area (Å²) in [5.41, 5.74) is 0. The van der Waals surface area contributed by atoms with Crippen molar-refractivity contribution >= 4 is 5.97 Å². The van der Waals surface area contributed by atoms with Crippen molar-refractivity contribution in [2.24, 2.45) is 0 Å². The molecule has 0 atom stereocenters. The van der Waals surface area contributed by atoms with E-state index in [4.69, 9.17) is 0 Å². The highest BCUT2D eigenvalue weighted by Crippen LogP contribution is 2.06. The molecule has 0 heterocycles. The van der Waals surface area contributed by atoms with Gasteiger partial charge in [-0.05, 0) is 25.7 Å². The van der Waals surface area contributed by atoms with Crippen molar-refractivity contribution in [3.05, 3.63) is 12.2 Å². The van der Waals surface area contributed by atoms with Crippen LogP contribution in [0.5, 0.6) is 0 Å². The van der Waals surface area contributed by atoms with Crippen LogP contribution in [0, 0.1) is 11.8 Å². The molecule has 0 N–H and O–H groups in total. The Hall–Kier alpha value is -1.23. The Labute approximate surface area is 131 Å². The number of allylic oxidation sites excluding steroid dienone is 2. The van der Waals surface area contributed by atoms with Crippen molar-refractivity contribution in [2.75, 3.05) is 7.11 Å². The Bertz CT molecular complexity index is 320. The van der Waals surface area contributed by atoms with Crippen LogP contribution < -0.4 is 0 Å². The molecule has 0 aliphatic carbocycles. The molecule has 0 fully saturated rings. The zero-order chi connectivity index (χ0) is 15.6. The molecule has 0 bridgehead atoms. The van der Waals surface area contributed by atoms with Gasteiger partial charge in [-0.25, -0.2) is 0 Å². The molecule has 120 valence electrons. The zero-order valence-corrected chi connectivity index (χ0v) is 14.0. The van der Waals surface area contributed by atoms with Crippen LogP contribution in [0.25, 0.3) is 0 Å². The molecule has 0 aromatic carbocycles. The molecule has 0 aliphatic heterocycles. The van der Waals surface area contributed by atoms with Gasteiger partial charge in [0, 0.05) is 19.3 Å². The summed E-state index contributed by atoms with van der Waals surface area (Å²) in [5, 5.41) is 0. The van der Waals surface area contributed by atoms with Crippen molar-refractivity contribution in [1.82, 2.24) is 0 Å². The molecule has 0 saturated carbocycles. The number of methoxy groups -OCH3 is 1. The van der Waals surface area contributed by atoms with E-state index in [1.165, 1.54) is 45.6 Å². The Kier molecular flexibility index (Phi) is 15.8. The van der Waals surface area contributed by atoms with Gasteiger partial charge in [0.05, 0.1) is 7.11 Å². The Balaban J connectivity index is 3.27. The summed E-state index contributed by atoms with van der Waals surface area (Å²) in [6, 6.07) is 0. The highest BCUT2D eigenvalue weighted by atomic mass is 16.5. The number of hydrogen-bond donors (Lipinski definition) is 0. The third-order valence-electron chi connectivity index (χ3n) is 3.36. The zero-order valence-electron chi connectivity index (χ0n) is 14.0. The average molecular weight is 292 g/mol. The van der Waals surface area contributed by atoms with Crippen LogP contribution in [0.4, 0.5) is 0 Å². The van der Waals surface area contributed by atoms with E-state index in [-0.39, 0.29) is 5.97 Å². The standard InChI is InChI=1S/C19H32O2/c1-3-4-5-6-7-8-9-10-11-12-13-14-15-16-17-18-19(20)21-2/h14-15H,3-9,12-13,16-18H2,1-2H3/b15-14-. The molecule has 0 spiro atoms. The number of ether oxygens (including phenoxy) is 1. The number of carbonyl (C=O) groups is 1. The number of esters is 1. The van der Waals surface area contributed by atoms with Gasteiger partial charge in [0.15, 0.2) is 0 Å². The lowest BCUT2D eigenvalue weighted by Gasteiger charge is -1.96. The van der Waals surface area contributed by atoms with Crippen molar-refractivity contribution < 1.29 is 9.53 Å². The van der Waals surface area contributed by atoms with Gasteiger partial charge in [-0.3, -0.25) is 4.79 Å². The molecule has 0 radical (unpaired) electrons. The fourth-order valence-electron chi connectivity index (χ4n) is 2.03. The molecule has 0 aromatic heterocycles. The lowest BCUT2D eigenvalue weighted by molar-refractivity contribution is -0.140. The van der Waals surface area contributed by atoms with E-state index < -0.39 is 0 Å². The minimum Gasteiger partial charge on any atom is -0.469 e. The normalized spacial score (nSPS) is 10.4. The van der Waals surface area contributed by atoms with Gasteiger partial charge in [-0.2, -0.15) is 0 Å². The van der Waals surface area contributed by atoms with E-state index in [1.807, 2.05) is 0 Å². The first-order valence-electron chi connectivity index (χ1n) is 8.48. The molecule has 0 aliphatic rings. The molecule has 0 aromatic rings. The fraction of sp³-hybridized carbons (Fsp3) is 0.737. The topological polar surface area (TPSA) is 26.3 Å². The second kappa shape index (κ2) is 16.8. The lowest BCUT2D eigenvalue weighted by Crippen LogP contribution is -1.98. The van der Waals surface area contributed by atoms with Crippen LogP contribution in [-0.2, 0) is 9.53 Å². The minimum atomic E-state index is -0.121. The molecule has 2 heteroatoms. The van der Waals surface area contributed by atoms with Crippen molar-refractivity contribution in [3.8, 4) is 11.8 Å². The van der Waals surface area contributed by atoms with Gasteiger partial charge in [-0.15, -0.1) is 11.8 Å². The predicted octanol–water partition coefficient (Wildman–Crippen LogP) is 5.42. The summed E-state index contributed by atoms with van der Waals surface area (Å²) >= 11 is 0. The van der Waals surface area contributed by atoms with E-state index >= 15 is 0 Å². The van der Waals surface area contributed by atoms with Crippen LogP contribution in [0.1, 0.15) is 84.0 Å². The van der Waals surface area contributed by atoms with Crippen LogP contribution in [0.2, 0.25) is 0 Å². The Morgan fingerprint density at radius 3 is 2.33 bits per heavy atom. The first-order valence-corrected chi connectivity index (χ1v) is 8.48. The summed E-state index contributed by atoms with van der Waals surface area (Å²) in [5.74, 6) is 6.36. The maximum absolute atomic E-state index is 10.9.